The van der Waals surface area contributed by atoms with Crippen molar-refractivity contribution in [3.05, 3.63) is 38.8 Å². The number of carbonyl (C=O) groups excluding carboxylic acids is 1. The molecule has 0 aliphatic rings. The summed E-state index contributed by atoms with van der Waals surface area (Å²) in [4.78, 5) is 10.8. The third-order valence-corrected chi connectivity index (χ3v) is 4.09. The number of carbonyl (C=O) groups is 1. The highest BCUT2D eigenvalue weighted by molar-refractivity contribution is 9.11. The number of phenols is 1. The average Bonchev–Trinajstić information content (AvgIpc) is 2.50. The van der Waals surface area contributed by atoms with Crippen molar-refractivity contribution >= 4 is 37.8 Å². The summed E-state index contributed by atoms with van der Waals surface area (Å²) in [6, 6.07) is 3.29. The van der Waals surface area contributed by atoms with Gasteiger partial charge in [-0.1, -0.05) is 22.0 Å². The van der Waals surface area contributed by atoms with Gasteiger partial charge in [0.25, 0.3) is 5.91 Å². The van der Waals surface area contributed by atoms with Crippen LogP contribution in [0, 0.1) is 0 Å². The summed E-state index contributed by atoms with van der Waals surface area (Å²) < 4.78 is 6.43. The Balaban J connectivity index is 2.78. The van der Waals surface area contributed by atoms with Gasteiger partial charge in [0.05, 0.1) is 10.6 Å². The lowest BCUT2D eigenvalue weighted by Gasteiger charge is -2.22. The van der Waals surface area contributed by atoms with Gasteiger partial charge in [-0.3, -0.25) is 10.0 Å². The van der Waals surface area contributed by atoms with E-state index in [0.29, 0.717) is 27.4 Å². The Kier molecular flexibility index (Phi) is 8.05. The fraction of sp³-hybridized carbons (Fsp3) is 0.357. The van der Waals surface area contributed by atoms with E-state index in [9.17, 15) is 15.0 Å². The minimum atomic E-state index is -1.03. The zero-order valence-corrected chi connectivity index (χ0v) is 15.0. The van der Waals surface area contributed by atoms with Crippen LogP contribution in [0.25, 0.3) is 0 Å². The molecule has 1 amide bonds. The first-order valence-electron chi connectivity index (χ1n) is 6.40. The van der Waals surface area contributed by atoms with Gasteiger partial charge in [0.2, 0.25) is 0 Å². The molecule has 0 aromatic heterocycles. The summed E-state index contributed by atoms with van der Waals surface area (Å²) >= 11 is 6.51. The summed E-state index contributed by atoms with van der Waals surface area (Å²) in [6.45, 7) is 0. The molecule has 0 bridgehead atoms. The first-order chi connectivity index (χ1) is 10.4. The van der Waals surface area contributed by atoms with Crippen LogP contribution in [0.3, 0.4) is 0 Å². The number of ether oxygens (including phenoxy) is 1. The third-order valence-electron chi connectivity index (χ3n) is 3.03. The van der Waals surface area contributed by atoms with Crippen LogP contribution in [0.5, 0.6) is 5.75 Å². The second-order valence-corrected chi connectivity index (χ2v) is 6.27. The first kappa shape index (κ1) is 19.1. The predicted molar refractivity (Wildman–Crippen MR) is 87.6 cm³/mol. The molecule has 4 N–H and O–H groups in total. The second-order valence-electron chi connectivity index (χ2n) is 4.50. The van der Waals surface area contributed by atoms with Gasteiger partial charge in [0.1, 0.15) is 11.9 Å². The maximum atomic E-state index is 10.8. The van der Waals surface area contributed by atoms with Crippen LogP contribution < -0.4 is 5.48 Å². The number of amides is 1. The summed E-state index contributed by atoms with van der Waals surface area (Å²) in [5.74, 6) is -0.670. The van der Waals surface area contributed by atoms with E-state index in [-0.39, 0.29) is 5.75 Å². The third kappa shape index (κ3) is 5.36. The van der Waals surface area contributed by atoms with E-state index in [4.69, 9.17) is 9.94 Å². The zero-order chi connectivity index (χ0) is 16.7. The number of phenolic OH excluding ortho intramolecular Hbond substituents is 1. The molecule has 122 valence electrons. The van der Waals surface area contributed by atoms with Crippen molar-refractivity contribution in [2.45, 2.75) is 25.0 Å². The van der Waals surface area contributed by atoms with Gasteiger partial charge in [-0.2, -0.15) is 0 Å². The van der Waals surface area contributed by atoms with Crippen molar-refractivity contribution < 1.29 is 25.0 Å². The Morgan fingerprint density at radius 3 is 2.73 bits per heavy atom. The highest BCUT2D eigenvalue weighted by atomic mass is 79.9. The van der Waals surface area contributed by atoms with Crippen molar-refractivity contribution in [3.63, 3.8) is 0 Å². The minimum absolute atomic E-state index is 0.0482. The Bertz CT molecular complexity index is 550. The van der Waals surface area contributed by atoms with E-state index in [0.717, 1.165) is 0 Å². The standard InChI is InChI=1S/C14H17Br2NO5/c1-22-11(4-2-3-5-12(18)17-21)14(20)9-6-8(15)7-10(16)13(9)19/h3,5-7,11,14,19-21H,2,4H2,1H3,(H,17,18)/b5-3+/t11-,14-/m1/s1. The molecule has 2 atom stereocenters. The molecule has 0 aliphatic heterocycles. The van der Waals surface area contributed by atoms with Gasteiger partial charge in [0.15, 0.2) is 0 Å². The molecule has 6 nitrogen and oxygen atoms in total. The number of hydrogen-bond donors (Lipinski definition) is 4. The van der Waals surface area contributed by atoms with Gasteiger partial charge in [-0.15, -0.1) is 0 Å². The van der Waals surface area contributed by atoms with E-state index in [1.165, 1.54) is 18.7 Å². The Morgan fingerprint density at radius 1 is 1.45 bits per heavy atom. The van der Waals surface area contributed by atoms with Crippen LogP contribution in [0.1, 0.15) is 24.5 Å². The molecule has 0 radical (unpaired) electrons. The molecule has 1 aromatic rings. The maximum absolute atomic E-state index is 10.8. The number of nitrogens with one attached hydrogen (secondary N) is 1. The predicted octanol–water partition coefficient (Wildman–Crippen LogP) is 2.81. The molecular formula is C14H17Br2NO5. The van der Waals surface area contributed by atoms with Crippen molar-refractivity contribution in [1.29, 1.82) is 0 Å². The molecule has 0 fully saturated rings. The number of aliphatic hydroxyl groups is 1. The highest BCUT2D eigenvalue weighted by Crippen LogP contribution is 2.37. The number of benzene rings is 1. The Labute approximate surface area is 145 Å². The van der Waals surface area contributed by atoms with Crippen LogP contribution >= 0.6 is 31.9 Å². The molecule has 8 heteroatoms. The molecule has 0 unspecified atom stereocenters. The molecule has 1 rings (SSSR count). The molecule has 22 heavy (non-hydrogen) atoms. The van der Waals surface area contributed by atoms with Crippen LogP contribution in [0.4, 0.5) is 0 Å². The minimum Gasteiger partial charge on any atom is -0.506 e. The number of methoxy groups -OCH3 is 1. The lowest BCUT2D eigenvalue weighted by atomic mass is 9.99. The van der Waals surface area contributed by atoms with Gasteiger partial charge >= 0.3 is 0 Å². The summed E-state index contributed by atoms with van der Waals surface area (Å²) in [5.41, 5.74) is 1.82. The van der Waals surface area contributed by atoms with Gasteiger partial charge in [0, 0.05) is 23.2 Å². The van der Waals surface area contributed by atoms with E-state index >= 15 is 0 Å². The molecule has 0 heterocycles. The van der Waals surface area contributed by atoms with E-state index in [1.54, 1.807) is 18.2 Å². The second kappa shape index (κ2) is 9.26. The molecule has 0 saturated carbocycles. The van der Waals surface area contributed by atoms with Crippen molar-refractivity contribution in [2.75, 3.05) is 7.11 Å². The van der Waals surface area contributed by atoms with Gasteiger partial charge < -0.3 is 14.9 Å². The van der Waals surface area contributed by atoms with Crippen LogP contribution in [0.15, 0.2) is 33.2 Å². The Hall–Kier alpha value is -0.930. The van der Waals surface area contributed by atoms with Crippen LogP contribution in [0.2, 0.25) is 0 Å². The molecule has 0 spiro atoms. The number of halogens is 2. The number of aromatic hydroxyl groups is 1. The molecular weight excluding hydrogens is 422 g/mol. The lowest BCUT2D eigenvalue weighted by Crippen LogP contribution is -2.21. The van der Waals surface area contributed by atoms with Crippen LogP contribution in [-0.2, 0) is 9.53 Å². The Morgan fingerprint density at radius 2 is 2.14 bits per heavy atom. The molecule has 0 aliphatic carbocycles. The van der Waals surface area contributed by atoms with Crippen molar-refractivity contribution in [2.24, 2.45) is 0 Å². The topological polar surface area (TPSA) is 99.0 Å². The normalized spacial score (nSPS) is 14.0. The summed E-state index contributed by atoms with van der Waals surface area (Å²) in [5, 5.41) is 28.8. The molecule has 0 saturated heterocycles. The smallest absolute Gasteiger partial charge is 0.267 e. The van der Waals surface area contributed by atoms with Crippen LogP contribution in [-0.4, -0.2) is 34.5 Å². The van der Waals surface area contributed by atoms with E-state index < -0.39 is 18.1 Å². The average molecular weight is 439 g/mol. The number of hydroxylamine groups is 1. The van der Waals surface area contributed by atoms with E-state index in [2.05, 4.69) is 31.9 Å². The first-order valence-corrected chi connectivity index (χ1v) is 7.98. The van der Waals surface area contributed by atoms with E-state index in [1.807, 2.05) is 0 Å². The number of hydrogen-bond acceptors (Lipinski definition) is 5. The van der Waals surface area contributed by atoms with Gasteiger partial charge in [-0.25, -0.2) is 5.48 Å². The number of aliphatic hydroxyl groups excluding tert-OH is 1. The largest absolute Gasteiger partial charge is 0.506 e. The van der Waals surface area contributed by atoms with Gasteiger partial charge in [-0.05, 0) is 40.9 Å². The number of rotatable bonds is 7. The monoisotopic (exact) mass is 437 g/mol. The highest BCUT2D eigenvalue weighted by Gasteiger charge is 2.24. The van der Waals surface area contributed by atoms with Crippen molar-refractivity contribution in [3.8, 4) is 5.75 Å². The quantitative estimate of drug-likeness (QED) is 0.298. The SMILES string of the molecule is CO[C@H](CC/C=C/C(=O)NO)[C@H](O)c1cc(Br)cc(Br)c1O. The molecule has 1 aromatic carbocycles. The fourth-order valence-corrected chi connectivity index (χ4v) is 3.16. The zero-order valence-electron chi connectivity index (χ0n) is 11.8. The van der Waals surface area contributed by atoms with Crippen molar-refractivity contribution in [1.82, 2.24) is 5.48 Å². The summed E-state index contributed by atoms with van der Waals surface area (Å²) in [6.07, 6.45) is 2.04. The fourth-order valence-electron chi connectivity index (χ4n) is 1.90. The number of allylic oxidation sites excluding steroid dienone is 1. The maximum Gasteiger partial charge on any atom is 0.267 e. The lowest BCUT2D eigenvalue weighted by molar-refractivity contribution is -0.124. The summed E-state index contributed by atoms with van der Waals surface area (Å²) in [7, 11) is 1.46.